The first kappa shape index (κ1) is 11.0. The van der Waals surface area contributed by atoms with Gasteiger partial charge in [-0.25, -0.2) is 0 Å². The third kappa shape index (κ3) is 2.18. The van der Waals surface area contributed by atoms with Gasteiger partial charge in [0, 0.05) is 12.5 Å². The summed E-state index contributed by atoms with van der Waals surface area (Å²) in [5, 5.41) is 3.03. The van der Waals surface area contributed by atoms with Crippen LogP contribution in [0.15, 0.2) is 18.2 Å². The monoisotopic (exact) mass is 219 g/mol. The van der Waals surface area contributed by atoms with Gasteiger partial charge in [0.05, 0.1) is 7.11 Å². The van der Waals surface area contributed by atoms with E-state index >= 15 is 0 Å². The predicted molar refractivity (Wildman–Crippen MR) is 62.6 cm³/mol. The Labute approximate surface area is 95.8 Å². The molecular weight excluding hydrogens is 202 g/mol. The lowest BCUT2D eigenvalue weighted by molar-refractivity contribution is -0.121. The largest absolute Gasteiger partial charge is 0.497 e. The molecule has 1 unspecified atom stereocenters. The molecule has 1 amide bonds. The van der Waals surface area contributed by atoms with Crippen molar-refractivity contribution < 1.29 is 9.53 Å². The van der Waals surface area contributed by atoms with Gasteiger partial charge in [-0.2, -0.15) is 0 Å². The maximum atomic E-state index is 11.3. The van der Waals surface area contributed by atoms with Crippen LogP contribution in [-0.2, 0) is 17.6 Å². The standard InChI is InChI=1S/C13H17NO2/c1-3-13(15)14-11-6-9-4-5-12(16-2)8-10(9)7-11/h4-5,8,11H,3,6-7H2,1-2H3,(H,14,15). The fraction of sp³-hybridized carbons (Fsp3) is 0.462. The van der Waals surface area contributed by atoms with Gasteiger partial charge in [0.25, 0.3) is 0 Å². The van der Waals surface area contributed by atoms with Crippen molar-refractivity contribution in [2.24, 2.45) is 0 Å². The summed E-state index contributed by atoms with van der Waals surface area (Å²) in [6, 6.07) is 6.39. The van der Waals surface area contributed by atoms with E-state index in [4.69, 9.17) is 4.74 Å². The van der Waals surface area contributed by atoms with Crippen molar-refractivity contribution in [2.45, 2.75) is 32.2 Å². The van der Waals surface area contributed by atoms with Crippen LogP contribution in [0.25, 0.3) is 0 Å². The molecule has 1 aliphatic rings. The first-order chi connectivity index (χ1) is 7.72. The summed E-state index contributed by atoms with van der Waals surface area (Å²) in [5.41, 5.74) is 2.61. The Morgan fingerprint density at radius 1 is 1.44 bits per heavy atom. The summed E-state index contributed by atoms with van der Waals surface area (Å²) < 4.78 is 5.19. The van der Waals surface area contributed by atoms with E-state index in [1.54, 1.807) is 7.11 Å². The van der Waals surface area contributed by atoms with E-state index in [0.29, 0.717) is 6.42 Å². The lowest BCUT2D eigenvalue weighted by Gasteiger charge is -2.10. The van der Waals surface area contributed by atoms with Gasteiger partial charge < -0.3 is 10.1 Å². The number of carbonyl (C=O) groups is 1. The van der Waals surface area contributed by atoms with Gasteiger partial charge in [-0.05, 0) is 36.1 Å². The molecule has 1 aromatic carbocycles. The molecule has 0 heterocycles. The zero-order valence-corrected chi connectivity index (χ0v) is 9.75. The van der Waals surface area contributed by atoms with Crippen LogP contribution in [0.3, 0.4) is 0 Å². The first-order valence-corrected chi connectivity index (χ1v) is 5.68. The van der Waals surface area contributed by atoms with Crippen LogP contribution >= 0.6 is 0 Å². The number of hydrogen-bond donors (Lipinski definition) is 1. The van der Waals surface area contributed by atoms with Crippen molar-refractivity contribution in [3.05, 3.63) is 29.3 Å². The Hall–Kier alpha value is -1.51. The molecule has 2 rings (SSSR count). The number of amides is 1. The summed E-state index contributed by atoms with van der Waals surface area (Å²) in [6.07, 6.45) is 2.40. The second-order valence-electron chi connectivity index (χ2n) is 4.16. The Balaban J connectivity index is 2.06. The lowest BCUT2D eigenvalue weighted by Crippen LogP contribution is -2.34. The number of carbonyl (C=O) groups excluding carboxylic acids is 1. The van der Waals surface area contributed by atoms with Gasteiger partial charge in [0.15, 0.2) is 0 Å². The maximum Gasteiger partial charge on any atom is 0.219 e. The van der Waals surface area contributed by atoms with Crippen LogP contribution in [0, 0.1) is 0 Å². The second kappa shape index (κ2) is 4.56. The predicted octanol–water partition coefficient (Wildman–Crippen LogP) is 1.69. The van der Waals surface area contributed by atoms with Crippen LogP contribution in [0.5, 0.6) is 5.75 Å². The van der Waals surface area contributed by atoms with Gasteiger partial charge in [-0.3, -0.25) is 4.79 Å². The molecule has 0 spiro atoms. The number of benzene rings is 1. The molecule has 0 fully saturated rings. The van der Waals surface area contributed by atoms with E-state index in [9.17, 15) is 4.79 Å². The Morgan fingerprint density at radius 3 is 2.88 bits per heavy atom. The lowest BCUT2D eigenvalue weighted by atomic mass is 10.1. The highest BCUT2D eigenvalue weighted by atomic mass is 16.5. The molecule has 0 bridgehead atoms. The molecule has 3 heteroatoms. The molecule has 1 aliphatic carbocycles. The highest BCUT2D eigenvalue weighted by molar-refractivity contribution is 5.76. The third-order valence-corrected chi connectivity index (χ3v) is 3.03. The highest BCUT2D eigenvalue weighted by Crippen LogP contribution is 2.26. The second-order valence-corrected chi connectivity index (χ2v) is 4.16. The number of ether oxygens (including phenoxy) is 1. The molecule has 0 saturated carbocycles. The van der Waals surface area contributed by atoms with Crippen LogP contribution in [0.4, 0.5) is 0 Å². The van der Waals surface area contributed by atoms with Crippen molar-refractivity contribution in [1.82, 2.24) is 5.32 Å². The zero-order valence-electron chi connectivity index (χ0n) is 9.75. The van der Waals surface area contributed by atoms with Gasteiger partial charge in [0.1, 0.15) is 5.75 Å². The fourth-order valence-corrected chi connectivity index (χ4v) is 2.15. The molecular formula is C13H17NO2. The minimum absolute atomic E-state index is 0.129. The van der Waals surface area contributed by atoms with Gasteiger partial charge >= 0.3 is 0 Å². The summed E-state index contributed by atoms with van der Waals surface area (Å²) in [5.74, 6) is 1.02. The SMILES string of the molecule is CCC(=O)NC1Cc2ccc(OC)cc2C1. The molecule has 0 radical (unpaired) electrons. The first-order valence-electron chi connectivity index (χ1n) is 5.68. The molecule has 0 aliphatic heterocycles. The Kier molecular flexibility index (Phi) is 3.13. The average Bonchev–Trinajstić information content (AvgIpc) is 2.69. The van der Waals surface area contributed by atoms with E-state index < -0.39 is 0 Å². The minimum atomic E-state index is 0.129. The van der Waals surface area contributed by atoms with E-state index in [1.165, 1.54) is 11.1 Å². The number of methoxy groups -OCH3 is 1. The molecule has 1 atom stereocenters. The normalized spacial score (nSPS) is 18.0. The van der Waals surface area contributed by atoms with Crippen LogP contribution in [0.2, 0.25) is 0 Å². The smallest absolute Gasteiger partial charge is 0.219 e. The number of rotatable bonds is 3. The third-order valence-electron chi connectivity index (χ3n) is 3.03. The van der Waals surface area contributed by atoms with E-state index in [1.807, 2.05) is 13.0 Å². The topological polar surface area (TPSA) is 38.3 Å². The van der Waals surface area contributed by atoms with Gasteiger partial charge in [-0.1, -0.05) is 13.0 Å². The van der Waals surface area contributed by atoms with Crippen molar-refractivity contribution in [2.75, 3.05) is 7.11 Å². The summed E-state index contributed by atoms with van der Waals surface area (Å²) in [7, 11) is 1.67. The fourth-order valence-electron chi connectivity index (χ4n) is 2.15. The Bertz CT molecular complexity index is 401. The molecule has 0 saturated heterocycles. The van der Waals surface area contributed by atoms with Gasteiger partial charge in [-0.15, -0.1) is 0 Å². The van der Waals surface area contributed by atoms with E-state index in [2.05, 4.69) is 17.4 Å². The van der Waals surface area contributed by atoms with Crippen molar-refractivity contribution in [1.29, 1.82) is 0 Å². The molecule has 1 N–H and O–H groups in total. The van der Waals surface area contributed by atoms with E-state index in [0.717, 1.165) is 18.6 Å². The minimum Gasteiger partial charge on any atom is -0.497 e. The maximum absolute atomic E-state index is 11.3. The number of hydrogen-bond acceptors (Lipinski definition) is 2. The van der Waals surface area contributed by atoms with Gasteiger partial charge in [0.2, 0.25) is 5.91 Å². The molecule has 16 heavy (non-hydrogen) atoms. The molecule has 86 valence electrons. The summed E-state index contributed by atoms with van der Waals surface area (Å²) in [6.45, 7) is 1.88. The summed E-state index contributed by atoms with van der Waals surface area (Å²) in [4.78, 5) is 11.3. The molecule has 3 nitrogen and oxygen atoms in total. The average molecular weight is 219 g/mol. The van der Waals surface area contributed by atoms with Crippen molar-refractivity contribution in [3.63, 3.8) is 0 Å². The quantitative estimate of drug-likeness (QED) is 0.840. The summed E-state index contributed by atoms with van der Waals surface area (Å²) >= 11 is 0. The highest BCUT2D eigenvalue weighted by Gasteiger charge is 2.22. The zero-order chi connectivity index (χ0) is 11.5. The van der Waals surface area contributed by atoms with Crippen molar-refractivity contribution in [3.8, 4) is 5.75 Å². The molecule has 0 aromatic heterocycles. The van der Waals surface area contributed by atoms with Crippen molar-refractivity contribution >= 4 is 5.91 Å². The van der Waals surface area contributed by atoms with Crippen LogP contribution < -0.4 is 10.1 Å². The van der Waals surface area contributed by atoms with Crippen LogP contribution in [0.1, 0.15) is 24.5 Å². The van der Waals surface area contributed by atoms with Crippen LogP contribution in [-0.4, -0.2) is 19.1 Å². The Morgan fingerprint density at radius 2 is 2.19 bits per heavy atom. The molecule has 1 aromatic rings. The number of fused-ring (bicyclic) bond motifs is 1. The number of nitrogens with one attached hydrogen (secondary N) is 1. The van der Waals surface area contributed by atoms with E-state index in [-0.39, 0.29) is 11.9 Å².